The monoisotopic (exact) mass is 335 g/mol. The van der Waals surface area contributed by atoms with Gasteiger partial charge in [0.05, 0.1) is 12.3 Å². The van der Waals surface area contributed by atoms with E-state index < -0.39 is 0 Å². The Morgan fingerprint density at radius 2 is 1.82 bits per heavy atom. The first-order chi connectivity index (χ1) is 10.7. The maximum atomic E-state index is 11.7. The van der Waals surface area contributed by atoms with Gasteiger partial charge in [-0.05, 0) is 29.8 Å². The van der Waals surface area contributed by atoms with Gasteiger partial charge in [0.25, 0.3) is 0 Å². The van der Waals surface area contributed by atoms with Crippen LogP contribution in [-0.4, -0.2) is 24.8 Å². The maximum absolute atomic E-state index is 11.7. The molecule has 0 aromatic heterocycles. The SMILES string of the molecule is O=C(CSCc1ccccc1)NCCOc1ccc(Cl)cc1. The fourth-order valence-corrected chi connectivity index (χ4v) is 2.72. The van der Waals surface area contributed by atoms with Crippen LogP contribution in [0, 0.1) is 0 Å². The van der Waals surface area contributed by atoms with E-state index in [2.05, 4.69) is 17.4 Å². The van der Waals surface area contributed by atoms with E-state index in [1.165, 1.54) is 5.56 Å². The van der Waals surface area contributed by atoms with Gasteiger partial charge in [-0.25, -0.2) is 0 Å². The smallest absolute Gasteiger partial charge is 0.230 e. The van der Waals surface area contributed by atoms with Crippen molar-refractivity contribution in [3.8, 4) is 5.75 Å². The Bertz CT molecular complexity index is 575. The highest BCUT2D eigenvalue weighted by atomic mass is 35.5. The zero-order chi connectivity index (χ0) is 15.6. The molecule has 22 heavy (non-hydrogen) atoms. The van der Waals surface area contributed by atoms with Crippen molar-refractivity contribution >= 4 is 29.3 Å². The number of nitrogens with one attached hydrogen (secondary N) is 1. The molecule has 0 bridgehead atoms. The lowest BCUT2D eigenvalue weighted by molar-refractivity contribution is -0.118. The number of rotatable bonds is 8. The van der Waals surface area contributed by atoms with Crippen LogP contribution >= 0.6 is 23.4 Å². The van der Waals surface area contributed by atoms with Crippen LogP contribution in [0.5, 0.6) is 5.75 Å². The summed E-state index contributed by atoms with van der Waals surface area (Å²) in [5.74, 6) is 2.07. The minimum absolute atomic E-state index is 0.0284. The van der Waals surface area contributed by atoms with Gasteiger partial charge >= 0.3 is 0 Å². The van der Waals surface area contributed by atoms with Gasteiger partial charge in [-0.1, -0.05) is 41.9 Å². The lowest BCUT2D eigenvalue weighted by Gasteiger charge is -2.08. The summed E-state index contributed by atoms with van der Waals surface area (Å²) in [6, 6.07) is 17.3. The summed E-state index contributed by atoms with van der Waals surface area (Å²) in [5, 5.41) is 3.52. The zero-order valence-corrected chi connectivity index (χ0v) is 13.7. The molecule has 0 saturated heterocycles. The topological polar surface area (TPSA) is 38.3 Å². The van der Waals surface area contributed by atoms with Crippen molar-refractivity contribution in [1.82, 2.24) is 5.32 Å². The third kappa shape index (κ3) is 6.41. The van der Waals surface area contributed by atoms with Gasteiger partial charge in [0, 0.05) is 10.8 Å². The number of hydrogen-bond acceptors (Lipinski definition) is 3. The molecule has 0 aliphatic carbocycles. The molecule has 0 saturated carbocycles. The third-order valence-electron chi connectivity index (χ3n) is 2.85. The summed E-state index contributed by atoms with van der Waals surface area (Å²) < 4.78 is 5.51. The summed E-state index contributed by atoms with van der Waals surface area (Å²) in [6.07, 6.45) is 0. The van der Waals surface area contributed by atoms with Crippen LogP contribution in [-0.2, 0) is 10.5 Å². The fraction of sp³-hybridized carbons (Fsp3) is 0.235. The lowest BCUT2D eigenvalue weighted by Crippen LogP contribution is -2.29. The van der Waals surface area contributed by atoms with E-state index in [1.807, 2.05) is 18.2 Å². The van der Waals surface area contributed by atoms with Gasteiger partial charge in [-0.15, -0.1) is 11.8 Å². The molecular formula is C17H18ClNO2S. The maximum Gasteiger partial charge on any atom is 0.230 e. The first-order valence-corrected chi connectivity index (χ1v) is 8.54. The van der Waals surface area contributed by atoms with Crippen LogP contribution in [0.2, 0.25) is 5.02 Å². The van der Waals surface area contributed by atoms with Crippen LogP contribution in [0.1, 0.15) is 5.56 Å². The van der Waals surface area contributed by atoms with Crippen LogP contribution in [0.15, 0.2) is 54.6 Å². The van der Waals surface area contributed by atoms with Crippen LogP contribution in [0.3, 0.4) is 0 Å². The molecule has 1 amide bonds. The Hall–Kier alpha value is -1.65. The second-order valence-corrected chi connectivity index (χ2v) is 6.05. The molecule has 1 N–H and O–H groups in total. The fourth-order valence-electron chi connectivity index (χ4n) is 1.78. The van der Waals surface area contributed by atoms with Gasteiger partial charge < -0.3 is 10.1 Å². The Labute approximate surface area is 140 Å². The molecule has 116 valence electrons. The lowest BCUT2D eigenvalue weighted by atomic mass is 10.2. The normalized spacial score (nSPS) is 10.2. The summed E-state index contributed by atoms with van der Waals surface area (Å²) in [7, 11) is 0. The largest absolute Gasteiger partial charge is 0.492 e. The number of ether oxygens (including phenoxy) is 1. The Kier molecular flexibility index (Phi) is 7.13. The van der Waals surface area contributed by atoms with Crippen LogP contribution < -0.4 is 10.1 Å². The molecule has 0 atom stereocenters. The van der Waals surface area contributed by atoms with Crippen molar-refractivity contribution in [3.63, 3.8) is 0 Å². The van der Waals surface area contributed by atoms with Crippen LogP contribution in [0.25, 0.3) is 0 Å². The molecular weight excluding hydrogens is 318 g/mol. The molecule has 0 radical (unpaired) electrons. The van der Waals surface area contributed by atoms with Gasteiger partial charge in [0.2, 0.25) is 5.91 Å². The van der Waals surface area contributed by atoms with Crippen molar-refractivity contribution < 1.29 is 9.53 Å². The number of amides is 1. The van der Waals surface area contributed by atoms with Gasteiger partial charge in [0.15, 0.2) is 0 Å². The van der Waals surface area contributed by atoms with Crippen molar-refractivity contribution in [2.45, 2.75) is 5.75 Å². The molecule has 2 aromatic rings. The average Bonchev–Trinajstić information content (AvgIpc) is 2.54. The molecule has 0 heterocycles. The van der Waals surface area contributed by atoms with Gasteiger partial charge in [-0.2, -0.15) is 0 Å². The second kappa shape index (κ2) is 9.38. The van der Waals surface area contributed by atoms with E-state index >= 15 is 0 Å². The molecule has 0 fully saturated rings. The highest BCUT2D eigenvalue weighted by Gasteiger charge is 2.01. The third-order valence-corrected chi connectivity index (χ3v) is 4.11. The van der Waals surface area contributed by atoms with Gasteiger partial charge in [0.1, 0.15) is 12.4 Å². The second-order valence-electron chi connectivity index (χ2n) is 4.63. The Morgan fingerprint density at radius 1 is 1.09 bits per heavy atom. The Balaban J connectivity index is 1.55. The first kappa shape index (κ1) is 16.7. The molecule has 2 rings (SSSR count). The quantitative estimate of drug-likeness (QED) is 0.746. The summed E-state index contributed by atoms with van der Waals surface area (Å²) >= 11 is 7.40. The first-order valence-electron chi connectivity index (χ1n) is 7.01. The Morgan fingerprint density at radius 3 is 2.55 bits per heavy atom. The summed E-state index contributed by atoms with van der Waals surface area (Å²) in [5.41, 5.74) is 1.23. The molecule has 2 aromatic carbocycles. The number of hydrogen-bond donors (Lipinski definition) is 1. The number of carbonyl (C=O) groups excluding carboxylic acids is 1. The van der Waals surface area contributed by atoms with E-state index in [-0.39, 0.29) is 5.91 Å². The van der Waals surface area contributed by atoms with E-state index in [0.717, 1.165) is 11.5 Å². The van der Waals surface area contributed by atoms with Crippen molar-refractivity contribution in [2.24, 2.45) is 0 Å². The molecule has 3 nitrogen and oxygen atoms in total. The van der Waals surface area contributed by atoms with Crippen molar-refractivity contribution in [1.29, 1.82) is 0 Å². The predicted molar refractivity (Wildman–Crippen MR) is 92.6 cm³/mol. The minimum Gasteiger partial charge on any atom is -0.492 e. The van der Waals surface area contributed by atoms with Crippen molar-refractivity contribution in [2.75, 3.05) is 18.9 Å². The predicted octanol–water partition coefficient (Wildman–Crippen LogP) is 3.77. The standard InChI is InChI=1S/C17H18ClNO2S/c18-15-6-8-16(9-7-15)21-11-10-19-17(20)13-22-12-14-4-2-1-3-5-14/h1-9H,10-13H2,(H,19,20). The molecule has 5 heteroatoms. The highest BCUT2D eigenvalue weighted by molar-refractivity contribution is 7.99. The molecule has 0 spiro atoms. The van der Waals surface area contributed by atoms with E-state index in [4.69, 9.17) is 16.3 Å². The average molecular weight is 336 g/mol. The zero-order valence-electron chi connectivity index (χ0n) is 12.1. The number of thioether (sulfide) groups is 1. The van der Waals surface area contributed by atoms with Crippen molar-refractivity contribution in [3.05, 3.63) is 65.2 Å². The minimum atomic E-state index is 0.0284. The summed E-state index contributed by atoms with van der Waals surface area (Å²) in [4.78, 5) is 11.7. The van der Waals surface area contributed by atoms with E-state index in [1.54, 1.807) is 36.0 Å². The molecule has 0 unspecified atom stereocenters. The number of carbonyl (C=O) groups is 1. The molecule has 0 aliphatic heterocycles. The van der Waals surface area contributed by atoms with E-state index in [0.29, 0.717) is 23.9 Å². The van der Waals surface area contributed by atoms with E-state index in [9.17, 15) is 4.79 Å². The number of halogens is 1. The van der Waals surface area contributed by atoms with Gasteiger partial charge in [-0.3, -0.25) is 4.79 Å². The summed E-state index contributed by atoms with van der Waals surface area (Å²) in [6.45, 7) is 0.935. The molecule has 0 aliphatic rings. The van der Waals surface area contributed by atoms with Crippen LogP contribution in [0.4, 0.5) is 0 Å². The highest BCUT2D eigenvalue weighted by Crippen LogP contribution is 2.15. The number of benzene rings is 2.